The second kappa shape index (κ2) is 6.54. The molecule has 0 unspecified atom stereocenters. The van der Waals surface area contributed by atoms with Crippen LogP contribution in [-0.2, 0) is 6.61 Å². The zero-order valence-electron chi connectivity index (χ0n) is 11.9. The molecule has 2 aromatic rings. The van der Waals surface area contributed by atoms with Gasteiger partial charge in [-0.15, -0.1) is 0 Å². The van der Waals surface area contributed by atoms with E-state index in [-0.39, 0.29) is 6.61 Å². The Morgan fingerprint density at radius 1 is 1.10 bits per heavy atom. The Morgan fingerprint density at radius 3 is 2.38 bits per heavy atom. The molecule has 3 rings (SSSR count). The van der Waals surface area contributed by atoms with E-state index in [1.54, 1.807) is 12.4 Å². The summed E-state index contributed by atoms with van der Waals surface area (Å²) in [6.07, 6.45) is 5.65. The molecule has 110 valence electrons. The minimum Gasteiger partial charge on any atom is -0.392 e. The third-order valence-electron chi connectivity index (χ3n) is 3.88. The Morgan fingerprint density at radius 2 is 1.76 bits per heavy atom. The van der Waals surface area contributed by atoms with Gasteiger partial charge < -0.3 is 15.3 Å². The van der Waals surface area contributed by atoms with Gasteiger partial charge in [0.1, 0.15) is 0 Å². The number of hydrogen-bond acceptors (Lipinski definition) is 5. The predicted octanol–water partition coefficient (Wildman–Crippen LogP) is 2.05. The first kappa shape index (κ1) is 13.8. The molecule has 1 saturated heterocycles. The Hall–Kier alpha value is -2.14. The molecule has 0 radical (unpaired) electrons. The molecule has 2 heterocycles. The van der Waals surface area contributed by atoms with Crippen LogP contribution in [0.1, 0.15) is 18.4 Å². The number of aromatic nitrogens is 2. The Kier molecular flexibility index (Phi) is 4.31. The van der Waals surface area contributed by atoms with Gasteiger partial charge in [-0.2, -0.15) is 0 Å². The monoisotopic (exact) mass is 284 g/mol. The maximum atomic E-state index is 9.08. The summed E-state index contributed by atoms with van der Waals surface area (Å²) in [5.74, 6) is 0.711. The largest absolute Gasteiger partial charge is 0.392 e. The molecule has 0 bridgehead atoms. The molecule has 1 aliphatic heterocycles. The predicted molar refractivity (Wildman–Crippen MR) is 83.3 cm³/mol. The van der Waals surface area contributed by atoms with Crippen LogP contribution >= 0.6 is 0 Å². The molecule has 1 aromatic heterocycles. The van der Waals surface area contributed by atoms with Crippen LogP contribution in [0.2, 0.25) is 0 Å². The molecule has 0 atom stereocenters. The van der Waals surface area contributed by atoms with Crippen LogP contribution in [-0.4, -0.2) is 34.2 Å². The summed E-state index contributed by atoms with van der Waals surface area (Å²) in [7, 11) is 0. The average molecular weight is 284 g/mol. The molecule has 0 amide bonds. The lowest BCUT2D eigenvalue weighted by atomic mass is 10.0. The number of piperidine rings is 1. The van der Waals surface area contributed by atoms with E-state index in [0.29, 0.717) is 12.0 Å². The van der Waals surface area contributed by atoms with Gasteiger partial charge >= 0.3 is 0 Å². The first-order chi connectivity index (χ1) is 10.3. The van der Waals surface area contributed by atoms with E-state index in [4.69, 9.17) is 5.11 Å². The fraction of sp³-hybridized carbons (Fsp3) is 0.375. The highest BCUT2D eigenvalue weighted by molar-refractivity contribution is 5.48. The smallest absolute Gasteiger partial charge is 0.222 e. The number of aliphatic hydroxyl groups excluding tert-OH is 1. The number of rotatable bonds is 4. The molecule has 21 heavy (non-hydrogen) atoms. The minimum absolute atomic E-state index is 0.101. The summed E-state index contributed by atoms with van der Waals surface area (Å²) < 4.78 is 0. The molecule has 0 aliphatic carbocycles. The van der Waals surface area contributed by atoms with Crippen LogP contribution < -0.4 is 10.2 Å². The quantitative estimate of drug-likeness (QED) is 0.900. The third-order valence-corrected chi connectivity index (χ3v) is 3.88. The third kappa shape index (κ3) is 3.49. The van der Waals surface area contributed by atoms with Crippen molar-refractivity contribution in [2.45, 2.75) is 25.5 Å². The topological polar surface area (TPSA) is 61.3 Å². The highest BCUT2D eigenvalue weighted by Crippen LogP contribution is 2.21. The van der Waals surface area contributed by atoms with Crippen LogP contribution in [0.3, 0.4) is 0 Å². The lowest BCUT2D eigenvalue weighted by Gasteiger charge is -2.34. The SMILES string of the molecule is OCc1ccc(N2CCC(Nc3ncccn3)CC2)cc1. The summed E-state index contributed by atoms with van der Waals surface area (Å²) in [5.41, 5.74) is 2.18. The Bertz CT molecular complexity index is 550. The summed E-state index contributed by atoms with van der Waals surface area (Å²) in [4.78, 5) is 10.8. The molecule has 0 spiro atoms. The van der Waals surface area contributed by atoms with Gasteiger partial charge in [0.25, 0.3) is 0 Å². The summed E-state index contributed by atoms with van der Waals surface area (Å²) in [5, 5.41) is 12.5. The number of nitrogens with one attached hydrogen (secondary N) is 1. The zero-order valence-corrected chi connectivity index (χ0v) is 11.9. The van der Waals surface area contributed by atoms with Gasteiger partial charge in [-0.3, -0.25) is 0 Å². The van der Waals surface area contributed by atoms with Crippen molar-refractivity contribution >= 4 is 11.6 Å². The highest BCUT2D eigenvalue weighted by Gasteiger charge is 2.19. The van der Waals surface area contributed by atoms with E-state index < -0.39 is 0 Å². The lowest BCUT2D eigenvalue weighted by Crippen LogP contribution is -2.39. The molecular formula is C16H20N4O. The van der Waals surface area contributed by atoms with E-state index in [0.717, 1.165) is 31.5 Å². The molecular weight excluding hydrogens is 264 g/mol. The van der Waals surface area contributed by atoms with Crippen molar-refractivity contribution in [2.75, 3.05) is 23.3 Å². The van der Waals surface area contributed by atoms with Crippen molar-refractivity contribution in [1.29, 1.82) is 0 Å². The van der Waals surface area contributed by atoms with E-state index in [1.807, 2.05) is 18.2 Å². The minimum atomic E-state index is 0.101. The van der Waals surface area contributed by atoms with Crippen molar-refractivity contribution < 1.29 is 5.11 Å². The van der Waals surface area contributed by atoms with E-state index in [1.165, 1.54) is 5.69 Å². The van der Waals surface area contributed by atoms with Crippen molar-refractivity contribution in [3.63, 3.8) is 0 Å². The van der Waals surface area contributed by atoms with Crippen LogP contribution in [0, 0.1) is 0 Å². The fourth-order valence-corrected chi connectivity index (χ4v) is 2.65. The maximum Gasteiger partial charge on any atom is 0.222 e. The van der Waals surface area contributed by atoms with Gasteiger partial charge in [0.15, 0.2) is 0 Å². The first-order valence-corrected chi connectivity index (χ1v) is 7.33. The Labute approximate surface area is 124 Å². The van der Waals surface area contributed by atoms with E-state index >= 15 is 0 Å². The number of nitrogens with zero attached hydrogens (tertiary/aromatic N) is 3. The van der Waals surface area contributed by atoms with Crippen LogP contribution in [0.4, 0.5) is 11.6 Å². The molecule has 0 saturated carbocycles. The van der Waals surface area contributed by atoms with E-state index in [2.05, 4.69) is 32.3 Å². The van der Waals surface area contributed by atoms with Crippen LogP contribution in [0.15, 0.2) is 42.7 Å². The van der Waals surface area contributed by atoms with Crippen molar-refractivity contribution in [2.24, 2.45) is 0 Å². The molecule has 1 aromatic carbocycles. The van der Waals surface area contributed by atoms with Crippen LogP contribution in [0.25, 0.3) is 0 Å². The summed E-state index contributed by atoms with van der Waals surface area (Å²) in [6.45, 7) is 2.13. The average Bonchev–Trinajstić information content (AvgIpc) is 2.57. The van der Waals surface area contributed by atoms with Crippen LogP contribution in [0.5, 0.6) is 0 Å². The second-order valence-corrected chi connectivity index (χ2v) is 5.30. The molecule has 2 N–H and O–H groups in total. The Balaban J connectivity index is 1.54. The summed E-state index contributed by atoms with van der Waals surface area (Å²) in [6, 6.07) is 10.4. The van der Waals surface area contributed by atoms with E-state index in [9.17, 15) is 0 Å². The zero-order chi connectivity index (χ0) is 14.5. The number of hydrogen-bond donors (Lipinski definition) is 2. The summed E-state index contributed by atoms with van der Waals surface area (Å²) >= 11 is 0. The molecule has 1 fully saturated rings. The van der Waals surface area contributed by atoms with Crippen molar-refractivity contribution in [3.05, 3.63) is 48.3 Å². The molecule has 1 aliphatic rings. The number of anilines is 2. The molecule has 5 nitrogen and oxygen atoms in total. The fourth-order valence-electron chi connectivity index (χ4n) is 2.65. The number of aliphatic hydroxyl groups is 1. The number of benzene rings is 1. The lowest BCUT2D eigenvalue weighted by molar-refractivity contribution is 0.282. The van der Waals surface area contributed by atoms with Crippen molar-refractivity contribution in [3.8, 4) is 0 Å². The van der Waals surface area contributed by atoms with Gasteiger partial charge in [-0.05, 0) is 36.6 Å². The van der Waals surface area contributed by atoms with Gasteiger partial charge in [0.05, 0.1) is 6.61 Å². The maximum absolute atomic E-state index is 9.08. The van der Waals surface area contributed by atoms with Crippen molar-refractivity contribution in [1.82, 2.24) is 9.97 Å². The van der Waals surface area contributed by atoms with Gasteiger partial charge in [0, 0.05) is 37.2 Å². The first-order valence-electron chi connectivity index (χ1n) is 7.33. The second-order valence-electron chi connectivity index (χ2n) is 5.30. The van der Waals surface area contributed by atoms with Gasteiger partial charge in [-0.25, -0.2) is 9.97 Å². The standard InChI is InChI=1S/C16H20N4O/c21-12-13-2-4-15(5-3-13)20-10-6-14(7-11-20)19-16-17-8-1-9-18-16/h1-5,8-9,14,21H,6-7,10-12H2,(H,17,18,19). The van der Waals surface area contributed by atoms with Gasteiger partial charge in [0.2, 0.25) is 5.95 Å². The normalized spacial score (nSPS) is 16.0. The molecule has 5 heteroatoms. The van der Waals surface area contributed by atoms with Gasteiger partial charge in [-0.1, -0.05) is 12.1 Å². The highest BCUT2D eigenvalue weighted by atomic mass is 16.3.